The second-order valence-electron chi connectivity index (χ2n) is 3.22. The van der Waals surface area contributed by atoms with Crippen LogP contribution >= 0.6 is 11.6 Å². The predicted octanol–water partition coefficient (Wildman–Crippen LogP) is 2.62. The lowest BCUT2D eigenvalue weighted by Gasteiger charge is -1.94. The molecule has 0 atom stereocenters. The number of benzene rings is 1. The normalized spacial score (nSPS) is 10.3. The fraction of sp³-hybridized carbons (Fsp3) is 0.0909. The Morgan fingerprint density at radius 3 is 2.69 bits per heavy atom. The molecule has 0 saturated heterocycles. The van der Waals surface area contributed by atoms with Crippen LogP contribution in [-0.4, -0.2) is 16.1 Å². The molecule has 2 rings (SSSR count). The van der Waals surface area contributed by atoms with Crippen molar-refractivity contribution in [3.05, 3.63) is 41.2 Å². The van der Waals surface area contributed by atoms with E-state index in [0.717, 1.165) is 5.56 Å². The minimum Gasteiger partial charge on any atom is -0.481 e. The van der Waals surface area contributed by atoms with Crippen molar-refractivity contribution in [2.45, 2.75) is 6.42 Å². The SMILES string of the molecule is O=C(O)Cc1coc(-c2ccc(Cl)cc2)n1. The largest absolute Gasteiger partial charge is 0.481 e. The van der Waals surface area contributed by atoms with E-state index in [-0.39, 0.29) is 6.42 Å². The Balaban J connectivity index is 2.24. The number of rotatable bonds is 3. The number of halogens is 1. The van der Waals surface area contributed by atoms with Crippen LogP contribution in [0.25, 0.3) is 11.5 Å². The van der Waals surface area contributed by atoms with E-state index in [1.54, 1.807) is 24.3 Å². The van der Waals surface area contributed by atoms with E-state index in [1.807, 2.05) is 0 Å². The van der Waals surface area contributed by atoms with Gasteiger partial charge in [-0.15, -0.1) is 0 Å². The minimum atomic E-state index is -0.934. The summed E-state index contributed by atoms with van der Waals surface area (Å²) in [4.78, 5) is 14.5. The summed E-state index contributed by atoms with van der Waals surface area (Å²) in [6, 6.07) is 6.97. The second-order valence-corrected chi connectivity index (χ2v) is 3.66. The molecule has 1 aromatic carbocycles. The van der Waals surface area contributed by atoms with Gasteiger partial charge in [0.25, 0.3) is 0 Å². The molecular weight excluding hydrogens is 230 g/mol. The van der Waals surface area contributed by atoms with E-state index in [0.29, 0.717) is 16.6 Å². The van der Waals surface area contributed by atoms with Crippen LogP contribution in [0.1, 0.15) is 5.69 Å². The van der Waals surface area contributed by atoms with Crippen LogP contribution in [0.4, 0.5) is 0 Å². The summed E-state index contributed by atoms with van der Waals surface area (Å²) in [6.07, 6.45) is 1.20. The summed E-state index contributed by atoms with van der Waals surface area (Å²) in [6.45, 7) is 0. The Labute approximate surface area is 96.5 Å². The zero-order valence-corrected chi connectivity index (χ0v) is 8.94. The van der Waals surface area contributed by atoms with E-state index in [2.05, 4.69) is 4.98 Å². The zero-order valence-electron chi connectivity index (χ0n) is 8.18. The van der Waals surface area contributed by atoms with E-state index >= 15 is 0 Å². The average molecular weight is 238 g/mol. The Bertz CT molecular complexity index is 504. The number of carbonyl (C=O) groups is 1. The summed E-state index contributed by atoms with van der Waals surface area (Å²) in [5.41, 5.74) is 1.17. The van der Waals surface area contributed by atoms with Gasteiger partial charge in [-0.3, -0.25) is 4.79 Å². The number of hydrogen-bond donors (Lipinski definition) is 1. The van der Waals surface area contributed by atoms with Crippen molar-refractivity contribution in [3.63, 3.8) is 0 Å². The lowest BCUT2D eigenvalue weighted by Crippen LogP contribution is -1.99. The van der Waals surface area contributed by atoms with Crippen LogP contribution in [0.15, 0.2) is 34.9 Å². The molecule has 1 aromatic heterocycles. The van der Waals surface area contributed by atoms with E-state index in [1.165, 1.54) is 6.26 Å². The van der Waals surface area contributed by atoms with Gasteiger partial charge in [-0.05, 0) is 24.3 Å². The highest BCUT2D eigenvalue weighted by Crippen LogP contribution is 2.20. The number of aliphatic carboxylic acids is 1. The molecule has 0 aliphatic heterocycles. The van der Waals surface area contributed by atoms with E-state index in [9.17, 15) is 4.79 Å². The van der Waals surface area contributed by atoms with Gasteiger partial charge in [0, 0.05) is 10.6 Å². The molecule has 0 radical (unpaired) electrons. The molecule has 0 fully saturated rings. The maximum atomic E-state index is 10.5. The van der Waals surface area contributed by atoms with Crippen molar-refractivity contribution in [1.82, 2.24) is 4.98 Å². The topological polar surface area (TPSA) is 63.3 Å². The maximum Gasteiger partial charge on any atom is 0.309 e. The highest BCUT2D eigenvalue weighted by molar-refractivity contribution is 6.30. The molecular formula is C11H8ClNO3. The number of carboxylic acids is 1. The molecule has 0 unspecified atom stereocenters. The highest BCUT2D eigenvalue weighted by Gasteiger charge is 2.09. The first kappa shape index (κ1) is 10.7. The number of hydrogen-bond acceptors (Lipinski definition) is 3. The highest BCUT2D eigenvalue weighted by atomic mass is 35.5. The number of nitrogens with zero attached hydrogens (tertiary/aromatic N) is 1. The Morgan fingerprint density at radius 2 is 2.06 bits per heavy atom. The van der Waals surface area contributed by atoms with Gasteiger partial charge < -0.3 is 9.52 Å². The molecule has 5 heteroatoms. The minimum absolute atomic E-state index is 0.142. The second kappa shape index (κ2) is 4.37. The van der Waals surface area contributed by atoms with Gasteiger partial charge in [-0.1, -0.05) is 11.6 Å². The zero-order chi connectivity index (χ0) is 11.5. The molecule has 4 nitrogen and oxygen atoms in total. The number of aromatic nitrogens is 1. The molecule has 1 heterocycles. The van der Waals surface area contributed by atoms with Crippen molar-refractivity contribution >= 4 is 17.6 Å². The predicted molar refractivity (Wildman–Crippen MR) is 58.3 cm³/mol. The summed E-state index contributed by atoms with van der Waals surface area (Å²) >= 11 is 5.74. The standard InChI is InChI=1S/C11H8ClNO3/c12-8-3-1-7(2-4-8)11-13-9(6-16-11)5-10(14)15/h1-4,6H,5H2,(H,14,15). The average Bonchev–Trinajstić information content (AvgIpc) is 2.66. The summed E-state index contributed by atoms with van der Waals surface area (Å²) in [5.74, 6) is -0.538. The van der Waals surface area contributed by atoms with Crippen molar-refractivity contribution in [3.8, 4) is 11.5 Å². The lowest BCUT2D eigenvalue weighted by atomic mass is 10.2. The van der Waals surface area contributed by atoms with Crippen LogP contribution in [0, 0.1) is 0 Å². The summed E-state index contributed by atoms with van der Waals surface area (Å²) < 4.78 is 5.17. The van der Waals surface area contributed by atoms with Crippen LogP contribution in [0.3, 0.4) is 0 Å². The fourth-order valence-electron chi connectivity index (χ4n) is 1.27. The molecule has 2 aromatic rings. The number of carboxylic acid groups (broad SMARTS) is 1. The van der Waals surface area contributed by atoms with Crippen molar-refractivity contribution in [1.29, 1.82) is 0 Å². The van der Waals surface area contributed by atoms with Crippen LogP contribution in [-0.2, 0) is 11.2 Å². The fourth-order valence-corrected chi connectivity index (χ4v) is 1.39. The molecule has 0 amide bonds. The van der Waals surface area contributed by atoms with Crippen molar-refractivity contribution in [2.24, 2.45) is 0 Å². The van der Waals surface area contributed by atoms with E-state index in [4.69, 9.17) is 21.1 Å². The first-order chi connectivity index (χ1) is 7.65. The first-order valence-corrected chi connectivity index (χ1v) is 4.95. The molecule has 0 aliphatic carbocycles. The van der Waals surface area contributed by atoms with Crippen LogP contribution < -0.4 is 0 Å². The third-order valence-corrected chi connectivity index (χ3v) is 2.23. The summed E-state index contributed by atoms with van der Waals surface area (Å²) in [7, 11) is 0. The Kier molecular flexibility index (Phi) is 2.92. The smallest absolute Gasteiger partial charge is 0.309 e. The quantitative estimate of drug-likeness (QED) is 0.891. The third-order valence-electron chi connectivity index (χ3n) is 1.98. The molecule has 0 saturated carbocycles. The van der Waals surface area contributed by atoms with Gasteiger partial charge in [-0.2, -0.15) is 0 Å². The molecule has 0 bridgehead atoms. The molecule has 16 heavy (non-hydrogen) atoms. The third kappa shape index (κ3) is 2.41. The van der Waals surface area contributed by atoms with Gasteiger partial charge in [0.2, 0.25) is 5.89 Å². The first-order valence-electron chi connectivity index (χ1n) is 4.57. The lowest BCUT2D eigenvalue weighted by molar-refractivity contribution is -0.136. The van der Waals surface area contributed by atoms with Crippen LogP contribution in [0.2, 0.25) is 5.02 Å². The van der Waals surface area contributed by atoms with Crippen molar-refractivity contribution in [2.75, 3.05) is 0 Å². The van der Waals surface area contributed by atoms with E-state index < -0.39 is 5.97 Å². The summed E-state index contributed by atoms with van der Waals surface area (Å²) in [5, 5.41) is 9.21. The monoisotopic (exact) mass is 237 g/mol. The Hall–Kier alpha value is -1.81. The van der Waals surface area contributed by atoms with Gasteiger partial charge >= 0.3 is 5.97 Å². The number of oxazole rings is 1. The van der Waals surface area contributed by atoms with Gasteiger partial charge in [0.05, 0.1) is 12.1 Å². The van der Waals surface area contributed by atoms with Gasteiger partial charge in [0.1, 0.15) is 6.26 Å². The molecule has 0 spiro atoms. The maximum absolute atomic E-state index is 10.5. The van der Waals surface area contributed by atoms with Crippen molar-refractivity contribution < 1.29 is 14.3 Å². The Morgan fingerprint density at radius 1 is 1.38 bits per heavy atom. The molecule has 1 N–H and O–H groups in total. The molecule has 0 aliphatic rings. The van der Waals surface area contributed by atoms with Gasteiger partial charge in [-0.25, -0.2) is 4.98 Å². The molecule has 82 valence electrons. The van der Waals surface area contributed by atoms with Gasteiger partial charge in [0.15, 0.2) is 0 Å². The van der Waals surface area contributed by atoms with Crippen LogP contribution in [0.5, 0.6) is 0 Å².